The Bertz CT molecular complexity index is 1060. The van der Waals surface area contributed by atoms with Gasteiger partial charge in [0.15, 0.2) is 0 Å². The minimum atomic E-state index is -4.44. The SMILES string of the molecule is Cc1ncc(C#N)cc1-c1cc(-c2ccc(C(F)(F)F)cc2)nc(=O)[nH]1. The van der Waals surface area contributed by atoms with Gasteiger partial charge in [-0.3, -0.25) is 4.98 Å². The van der Waals surface area contributed by atoms with Gasteiger partial charge in [0, 0.05) is 23.0 Å². The van der Waals surface area contributed by atoms with Crippen molar-refractivity contribution in [1.29, 1.82) is 5.26 Å². The molecule has 0 aliphatic carbocycles. The predicted octanol–water partition coefficient (Wildman–Crippen LogP) is 3.70. The number of halogens is 3. The summed E-state index contributed by atoms with van der Waals surface area (Å²) in [5.41, 5.74) is 0.973. The number of nitrogens with one attached hydrogen (secondary N) is 1. The van der Waals surface area contributed by atoms with E-state index in [0.717, 1.165) is 12.1 Å². The Morgan fingerprint density at radius 3 is 2.46 bits per heavy atom. The number of H-pyrrole nitrogens is 1. The molecule has 0 aliphatic rings. The van der Waals surface area contributed by atoms with Crippen LogP contribution < -0.4 is 5.69 Å². The summed E-state index contributed by atoms with van der Waals surface area (Å²) in [5.74, 6) is 0. The highest BCUT2D eigenvalue weighted by molar-refractivity contribution is 5.69. The van der Waals surface area contributed by atoms with Crippen LogP contribution in [-0.2, 0) is 6.18 Å². The fourth-order valence-electron chi connectivity index (χ4n) is 2.45. The molecule has 0 atom stereocenters. The maximum Gasteiger partial charge on any atom is 0.416 e. The van der Waals surface area contributed by atoms with Gasteiger partial charge >= 0.3 is 11.9 Å². The van der Waals surface area contributed by atoms with Gasteiger partial charge in [0.1, 0.15) is 6.07 Å². The number of nitriles is 1. The maximum atomic E-state index is 12.7. The molecule has 0 saturated carbocycles. The summed E-state index contributed by atoms with van der Waals surface area (Å²) in [5, 5.41) is 9.01. The van der Waals surface area contributed by atoms with Crippen molar-refractivity contribution in [2.75, 3.05) is 0 Å². The van der Waals surface area contributed by atoms with Crippen LogP contribution in [0.2, 0.25) is 0 Å². The number of aromatic nitrogens is 3. The standard InChI is InChI=1S/C18H11F3N4O/c1-10-14(6-11(8-22)9-23-10)16-7-15(24-17(26)25-16)12-2-4-13(5-3-12)18(19,20)21/h2-7,9H,1H3,(H,24,25,26). The second-order valence-electron chi connectivity index (χ2n) is 5.53. The summed E-state index contributed by atoms with van der Waals surface area (Å²) in [6, 6.07) is 9.45. The third-order valence-corrected chi connectivity index (χ3v) is 3.76. The first-order valence-corrected chi connectivity index (χ1v) is 7.44. The van der Waals surface area contributed by atoms with Gasteiger partial charge in [-0.15, -0.1) is 0 Å². The molecule has 0 amide bonds. The lowest BCUT2D eigenvalue weighted by Crippen LogP contribution is -2.12. The lowest BCUT2D eigenvalue weighted by Gasteiger charge is -2.09. The van der Waals surface area contributed by atoms with E-state index >= 15 is 0 Å². The van der Waals surface area contributed by atoms with Gasteiger partial charge in [-0.05, 0) is 31.2 Å². The van der Waals surface area contributed by atoms with Gasteiger partial charge in [-0.2, -0.15) is 23.4 Å². The molecule has 0 radical (unpaired) electrons. The van der Waals surface area contributed by atoms with E-state index < -0.39 is 17.4 Å². The molecule has 3 rings (SSSR count). The summed E-state index contributed by atoms with van der Waals surface area (Å²) >= 11 is 0. The largest absolute Gasteiger partial charge is 0.416 e. The molecule has 1 N–H and O–H groups in total. The van der Waals surface area contributed by atoms with Gasteiger partial charge in [-0.1, -0.05) is 12.1 Å². The molecule has 26 heavy (non-hydrogen) atoms. The van der Waals surface area contributed by atoms with Crippen molar-refractivity contribution in [2.45, 2.75) is 13.1 Å². The van der Waals surface area contributed by atoms with Crippen LogP contribution in [0.1, 0.15) is 16.8 Å². The number of nitrogens with zero attached hydrogens (tertiary/aromatic N) is 3. The first-order valence-electron chi connectivity index (χ1n) is 7.44. The van der Waals surface area contributed by atoms with Gasteiger partial charge < -0.3 is 4.98 Å². The van der Waals surface area contributed by atoms with Crippen LogP contribution in [0.3, 0.4) is 0 Å². The second kappa shape index (κ2) is 6.44. The van der Waals surface area contributed by atoms with Crippen molar-refractivity contribution in [2.24, 2.45) is 0 Å². The smallest absolute Gasteiger partial charge is 0.305 e. The molecule has 130 valence electrons. The zero-order valence-corrected chi connectivity index (χ0v) is 13.4. The topological polar surface area (TPSA) is 82.4 Å². The van der Waals surface area contributed by atoms with Crippen LogP contribution in [0, 0.1) is 18.3 Å². The Labute approximate surface area is 145 Å². The molecule has 0 unspecified atom stereocenters. The zero-order valence-electron chi connectivity index (χ0n) is 13.4. The molecule has 0 bridgehead atoms. The number of benzene rings is 1. The Morgan fingerprint density at radius 1 is 1.15 bits per heavy atom. The fourth-order valence-corrected chi connectivity index (χ4v) is 2.45. The third kappa shape index (κ3) is 3.47. The number of pyridine rings is 1. The van der Waals surface area contributed by atoms with E-state index in [2.05, 4.69) is 15.0 Å². The molecular formula is C18H11F3N4O. The third-order valence-electron chi connectivity index (χ3n) is 3.76. The first-order chi connectivity index (χ1) is 12.3. The molecule has 2 aromatic heterocycles. The number of hydrogen-bond acceptors (Lipinski definition) is 4. The molecule has 1 aromatic carbocycles. The molecule has 5 nitrogen and oxygen atoms in total. The Hall–Kier alpha value is -3.47. The van der Waals surface area contributed by atoms with Crippen LogP contribution in [-0.4, -0.2) is 15.0 Å². The van der Waals surface area contributed by atoms with Crippen LogP contribution in [0.4, 0.5) is 13.2 Å². The van der Waals surface area contributed by atoms with Crippen LogP contribution in [0.25, 0.3) is 22.5 Å². The van der Waals surface area contributed by atoms with Crippen LogP contribution in [0.15, 0.2) is 47.4 Å². The Morgan fingerprint density at radius 2 is 1.85 bits per heavy atom. The highest BCUT2D eigenvalue weighted by atomic mass is 19.4. The number of rotatable bonds is 2. The molecule has 0 saturated heterocycles. The van der Waals surface area contributed by atoms with Gasteiger partial charge in [0.25, 0.3) is 0 Å². The lowest BCUT2D eigenvalue weighted by molar-refractivity contribution is -0.137. The monoisotopic (exact) mass is 356 g/mol. The second-order valence-corrected chi connectivity index (χ2v) is 5.53. The highest BCUT2D eigenvalue weighted by Gasteiger charge is 2.30. The molecule has 8 heteroatoms. The van der Waals surface area contributed by atoms with E-state index in [0.29, 0.717) is 28.1 Å². The van der Waals surface area contributed by atoms with Gasteiger partial charge in [0.2, 0.25) is 0 Å². The van der Waals surface area contributed by atoms with Crippen molar-refractivity contribution in [3.8, 4) is 28.6 Å². The van der Waals surface area contributed by atoms with Crippen LogP contribution >= 0.6 is 0 Å². The normalized spacial score (nSPS) is 11.2. The van der Waals surface area contributed by atoms with Crippen molar-refractivity contribution in [3.05, 3.63) is 69.9 Å². The maximum absolute atomic E-state index is 12.7. The number of hydrogen-bond donors (Lipinski definition) is 1. The molecule has 3 aromatic rings. The van der Waals surface area contributed by atoms with Crippen molar-refractivity contribution >= 4 is 0 Å². The van der Waals surface area contributed by atoms with E-state index in [4.69, 9.17) is 5.26 Å². The molecule has 2 heterocycles. The van der Waals surface area contributed by atoms with E-state index in [9.17, 15) is 18.0 Å². The molecule has 0 fully saturated rings. The Balaban J connectivity index is 2.10. The number of aryl methyl sites for hydroxylation is 1. The van der Waals surface area contributed by atoms with Gasteiger partial charge in [0.05, 0.1) is 22.5 Å². The van der Waals surface area contributed by atoms with Crippen molar-refractivity contribution < 1.29 is 13.2 Å². The molecular weight excluding hydrogens is 345 g/mol. The summed E-state index contributed by atoms with van der Waals surface area (Å²) in [6.07, 6.45) is -3.03. The lowest BCUT2D eigenvalue weighted by atomic mass is 10.0. The fraction of sp³-hybridized carbons (Fsp3) is 0.111. The quantitative estimate of drug-likeness (QED) is 0.759. The highest BCUT2D eigenvalue weighted by Crippen LogP contribution is 2.31. The Kier molecular flexibility index (Phi) is 4.30. The summed E-state index contributed by atoms with van der Waals surface area (Å²) in [7, 11) is 0. The summed E-state index contributed by atoms with van der Waals surface area (Å²) in [4.78, 5) is 22.4. The predicted molar refractivity (Wildman–Crippen MR) is 88.0 cm³/mol. The zero-order chi connectivity index (χ0) is 18.9. The minimum Gasteiger partial charge on any atom is -0.305 e. The number of alkyl halides is 3. The van der Waals surface area contributed by atoms with Crippen molar-refractivity contribution in [1.82, 2.24) is 15.0 Å². The average Bonchev–Trinajstić information content (AvgIpc) is 2.61. The summed E-state index contributed by atoms with van der Waals surface area (Å²) in [6.45, 7) is 1.72. The van der Waals surface area contributed by atoms with Crippen LogP contribution in [0.5, 0.6) is 0 Å². The van der Waals surface area contributed by atoms with Gasteiger partial charge in [-0.25, -0.2) is 4.79 Å². The van der Waals surface area contributed by atoms with E-state index in [1.165, 1.54) is 24.4 Å². The van der Waals surface area contributed by atoms with E-state index in [1.807, 2.05) is 6.07 Å². The van der Waals surface area contributed by atoms with E-state index in [-0.39, 0.29) is 5.69 Å². The summed E-state index contributed by atoms with van der Waals surface area (Å²) < 4.78 is 38.1. The first kappa shape index (κ1) is 17.4. The minimum absolute atomic E-state index is 0.222. The van der Waals surface area contributed by atoms with E-state index in [1.54, 1.807) is 13.0 Å². The molecule has 0 spiro atoms. The van der Waals surface area contributed by atoms with Crippen molar-refractivity contribution in [3.63, 3.8) is 0 Å². The number of aromatic amines is 1. The average molecular weight is 356 g/mol. The molecule has 0 aliphatic heterocycles.